The Bertz CT molecular complexity index is 1380. The number of para-hydroxylation sites is 1. The summed E-state index contributed by atoms with van der Waals surface area (Å²) in [4.78, 5) is 33.3. The summed E-state index contributed by atoms with van der Waals surface area (Å²) in [5.74, 6) is -0.237. The lowest BCUT2D eigenvalue weighted by Gasteiger charge is -2.36. The van der Waals surface area contributed by atoms with Crippen LogP contribution < -0.4 is 5.56 Å². The van der Waals surface area contributed by atoms with Crippen LogP contribution in [0, 0.1) is 5.82 Å². The van der Waals surface area contributed by atoms with Gasteiger partial charge >= 0.3 is 0 Å². The van der Waals surface area contributed by atoms with Crippen molar-refractivity contribution in [2.45, 2.75) is 44.6 Å². The summed E-state index contributed by atoms with van der Waals surface area (Å²) in [6, 6.07) is 23.1. The number of hydrogen-bond acceptors (Lipinski definition) is 4. The lowest BCUT2D eigenvalue weighted by Crippen LogP contribution is -2.46. The van der Waals surface area contributed by atoms with Gasteiger partial charge in [-0.25, -0.2) is 9.37 Å². The molecule has 0 saturated carbocycles. The molecule has 1 amide bonds. The molecule has 7 heteroatoms. The molecule has 0 radical (unpaired) electrons. The highest BCUT2D eigenvalue weighted by Crippen LogP contribution is 2.23. The first kappa shape index (κ1) is 24.7. The minimum absolute atomic E-state index is 0.0397. The summed E-state index contributed by atoms with van der Waals surface area (Å²) in [6.45, 7) is 6.77. The Kier molecular flexibility index (Phi) is 7.36. The Morgan fingerprint density at radius 2 is 1.60 bits per heavy atom. The fourth-order valence-corrected chi connectivity index (χ4v) is 4.71. The molecule has 0 aliphatic carbocycles. The van der Waals surface area contributed by atoms with Gasteiger partial charge in [-0.15, -0.1) is 0 Å². The normalized spacial score (nSPS) is 11.5. The molecule has 180 valence electrons. The second kappa shape index (κ2) is 10.4. The molecule has 4 rings (SSSR count). The molecule has 1 aromatic heterocycles. The molecule has 0 aliphatic rings. The Morgan fingerprint density at radius 3 is 2.29 bits per heavy atom. The molecular formula is C28H28FN3O2S. The zero-order chi connectivity index (χ0) is 25.0. The number of hydrogen-bond donors (Lipinski definition) is 0. The predicted molar refractivity (Wildman–Crippen MR) is 139 cm³/mol. The Balaban J connectivity index is 1.63. The summed E-state index contributed by atoms with van der Waals surface area (Å²) < 4.78 is 15.0. The van der Waals surface area contributed by atoms with Crippen LogP contribution in [0.5, 0.6) is 0 Å². The lowest BCUT2D eigenvalue weighted by atomic mass is 10.0. The second-order valence-corrected chi connectivity index (χ2v) is 10.3. The Morgan fingerprint density at radius 1 is 0.943 bits per heavy atom. The van der Waals surface area contributed by atoms with Crippen LogP contribution in [0.2, 0.25) is 0 Å². The highest BCUT2D eigenvalue weighted by atomic mass is 32.2. The van der Waals surface area contributed by atoms with Crippen molar-refractivity contribution in [1.82, 2.24) is 14.5 Å². The third-order valence-corrected chi connectivity index (χ3v) is 6.66. The largest absolute Gasteiger partial charge is 0.333 e. The van der Waals surface area contributed by atoms with E-state index in [1.165, 1.54) is 23.9 Å². The molecule has 0 unspecified atom stereocenters. The van der Waals surface area contributed by atoms with Crippen molar-refractivity contribution in [3.05, 3.63) is 106 Å². The van der Waals surface area contributed by atoms with E-state index >= 15 is 0 Å². The van der Waals surface area contributed by atoms with Gasteiger partial charge in [-0.1, -0.05) is 66.4 Å². The van der Waals surface area contributed by atoms with Crippen molar-refractivity contribution >= 4 is 28.6 Å². The first-order chi connectivity index (χ1) is 16.7. The third-order valence-electron chi connectivity index (χ3n) is 5.70. The van der Waals surface area contributed by atoms with Crippen LogP contribution in [0.4, 0.5) is 4.39 Å². The molecule has 0 saturated heterocycles. The summed E-state index contributed by atoms with van der Waals surface area (Å²) in [5.41, 5.74) is 1.85. The maximum atomic E-state index is 13.4. The zero-order valence-corrected chi connectivity index (χ0v) is 20.9. The van der Waals surface area contributed by atoms with Crippen LogP contribution in [0.3, 0.4) is 0 Å². The van der Waals surface area contributed by atoms with Gasteiger partial charge in [0.1, 0.15) is 5.82 Å². The van der Waals surface area contributed by atoms with E-state index in [9.17, 15) is 14.0 Å². The third kappa shape index (κ3) is 5.98. The van der Waals surface area contributed by atoms with Crippen molar-refractivity contribution in [2.24, 2.45) is 0 Å². The number of rotatable bonds is 7. The van der Waals surface area contributed by atoms with Gasteiger partial charge in [0.25, 0.3) is 5.56 Å². The van der Waals surface area contributed by atoms with Crippen LogP contribution in [0.25, 0.3) is 10.9 Å². The molecule has 0 N–H and O–H groups in total. The number of aromatic nitrogens is 2. The summed E-state index contributed by atoms with van der Waals surface area (Å²) >= 11 is 1.25. The standard InChI is InChI=1S/C28H28FN3O2S/c1-28(2,3)32(18-20-9-5-4-6-10-20)25(33)19-35-27-30-24-12-8-7-11-23(24)26(34)31(27)17-21-13-15-22(29)16-14-21/h4-16H,17-19H2,1-3H3. The highest BCUT2D eigenvalue weighted by Gasteiger charge is 2.27. The van der Waals surface area contributed by atoms with Crippen molar-refractivity contribution in [3.8, 4) is 0 Å². The van der Waals surface area contributed by atoms with E-state index in [0.29, 0.717) is 22.6 Å². The molecule has 0 aliphatic heterocycles. The Labute approximate surface area is 208 Å². The molecule has 35 heavy (non-hydrogen) atoms. The van der Waals surface area contributed by atoms with Crippen molar-refractivity contribution in [2.75, 3.05) is 5.75 Å². The number of nitrogens with zero attached hydrogens (tertiary/aromatic N) is 3. The van der Waals surface area contributed by atoms with Gasteiger partial charge in [-0.3, -0.25) is 14.2 Å². The number of benzene rings is 3. The topological polar surface area (TPSA) is 55.2 Å². The number of amides is 1. The van der Waals surface area contributed by atoms with E-state index in [1.807, 2.05) is 62.1 Å². The molecule has 1 heterocycles. The van der Waals surface area contributed by atoms with Crippen molar-refractivity contribution in [1.29, 1.82) is 0 Å². The summed E-state index contributed by atoms with van der Waals surface area (Å²) in [5, 5.41) is 0.964. The number of fused-ring (bicyclic) bond motifs is 1. The van der Waals surface area contributed by atoms with Gasteiger partial charge in [0.05, 0.1) is 23.2 Å². The number of halogens is 1. The first-order valence-corrected chi connectivity index (χ1v) is 12.4. The average Bonchev–Trinajstić information content (AvgIpc) is 2.84. The molecule has 0 fully saturated rings. The van der Waals surface area contributed by atoms with Crippen molar-refractivity contribution < 1.29 is 9.18 Å². The van der Waals surface area contributed by atoms with Crippen molar-refractivity contribution in [3.63, 3.8) is 0 Å². The summed E-state index contributed by atoms with van der Waals surface area (Å²) in [7, 11) is 0. The summed E-state index contributed by atoms with van der Waals surface area (Å²) in [6.07, 6.45) is 0. The number of thioether (sulfide) groups is 1. The van der Waals surface area contributed by atoms with Gasteiger partial charge in [-0.2, -0.15) is 0 Å². The maximum absolute atomic E-state index is 13.4. The minimum atomic E-state index is -0.377. The molecule has 0 atom stereocenters. The fourth-order valence-electron chi connectivity index (χ4n) is 3.84. The molecule has 5 nitrogen and oxygen atoms in total. The van der Waals surface area contributed by atoms with Crippen LogP contribution in [-0.4, -0.2) is 31.6 Å². The van der Waals surface area contributed by atoms with Crippen LogP contribution in [-0.2, 0) is 17.9 Å². The first-order valence-electron chi connectivity index (χ1n) is 11.4. The molecule has 4 aromatic rings. The molecule has 0 bridgehead atoms. The minimum Gasteiger partial charge on any atom is -0.333 e. The van der Waals surface area contributed by atoms with Crippen LogP contribution in [0.1, 0.15) is 31.9 Å². The Hall–Kier alpha value is -3.45. The molecular weight excluding hydrogens is 461 g/mol. The van der Waals surface area contributed by atoms with Gasteiger partial charge in [0.15, 0.2) is 5.16 Å². The molecule has 0 spiro atoms. The average molecular weight is 490 g/mol. The zero-order valence-electron chi connectivity index (χ0n) is 20.1. The second-order valence-electron chi connectivity index (χ2n) is 9.35. The van der Waals surface area contributed by atoms with Gasteiger partial charge in [-0.05, 0) is 56.2 Å². The number of carbonyl (C=O) groups excluding carboxylic acids is 1. The van der Waals surface area contributed by atoms with E-state index in [-0.39, 0.29) is 35.1 Å². The van der Waals surface area contributed by atoms with E-state index in [2.05, 4.69) is 0 Å². The van der Waals surface area contributed by atoms with E-state index < -0.39 is 0 Å². The maximum Gasteiger partial charge on any atom is 0.262 e. The van der Waals surface area contributed by atoms with Gasteiger partial charge in [0.2, 0.25) is 5.91 Å². The number of carbonyl (C=O) groups is 1. The molecule has 3 aromatic carbocycles. The monoisotopic (exact) mass is 489 g/mol. The fraction of sp³-hybridized carbons (Fsp3) is 0.250. The smallest absolute Gasteiger partial charge is 0.262 e. The van der Waals surface area contributed by atoms with E-state index in [1.54, 1.807) is 34.9 Å². The van der Waals surface area contributed by atoms with E-state index in [0.717, 1.165) is 11.1 Å². The quantitative estimate of drug-likeness (QED) is 0.254. The van der Waals surface area contributed by atoms with Crippen LogP contribution in [0.15, 0.2) is 88.8 Å². The van der Waals surface area contributed by atoms with Gasteiger partial charge < -0.3 is 4.90 Å². The highest BCUT2D eigenvalue weighted by molar-refractivity contribution is 7.99. The SMILES string of the molecule is CC(C)(C)N(Cc1ccccc1)C(=O)CSc1nc2ccccc2c(=O)n1Cc1ccc(F)cc1. The van der Waals surface area contributed by atoms with E-state index in [4.69, 9.17) is 4.98 Å². The predicted octanol–water partition coefficient (Wildman–Crippen LogP) is 5.50. The van der Waals surface area contributed by atoms with Crippen LogP contribution >= 0.6 is 11.8 Å². The van der Waals surface area contributed by atoms with Gasteiger partial charge in [0, 0.05) is 12.1 Å². The lowest BCUT2D eigenvalue weighted by molar-refractivity contribution is -0.133.